The quantitative estimate of drug-likeness (QED) is 0.230. The molecule has 3 aromatic rings. The Morgan fingerprint density at radius 1 is 0.824 bits per heavy atom. The van der Waals surface area contributed by atoms with E-state index in [9.17, 15) is 19.2 Å². The lowest BCUT2D eigenvalue weighted by Gasteiger charge is -2.13. The van der Waals surface area contributed by atoms with Gasteiger partial charge >= 0.3 is 11.9 Å². The smallest absolute Gasteiger partial charge is 0.305 e. The van der Waals surface area contributed by atoms with Crippen molar-refractivity contribution in [3.8, 4) is 0 Å². The molecule has 0 bridgehead atoms. The van der Waals surface area contributed by atoms with Crippen LogP contribution in [0.2, 0.25) is 0 Å². The highest BCUT2D eigenvalue weighted by molar-refractivity contribution is 6.38. The van der Waals surface area contributed by atoms with Gasteiger partial charge in [0, 0.05) is 57.4 Å². The molecule has 3 N–H and O–H groups in total. The molecule has 51 heavy (non-hydrogen) atoms. The molecule has 262 valence electrons. The van der Waals surface area contributed by atoms with E-state index in [1.165, 1.54) is 14.2 Å². The maximum atomic E-state index is 13.1. The first-order valence-corrected chi connectivity index (χ1v) is 16.6. The standard InChI is InChI=1S/C41H42N4O6/c1-9-27-22(3)31(20-34-28(10-2)24(5)40(48)44-34)42-33(27)21-32-23(4)29(16-18-35(46)50-7)38(43-32)37(26-14-12-11-13-15-26)39-30(17-19-36(47)51-8)25(6)41(49)45-39/h9-15,20-21,42-43H,1-2,16-19H2,3-8H3,(H,44,48)/b32-21+,34-20+,38-37-. The molecule has 10 nitrogen and oxygen atoms in total. The van der Waals surface area contributed by atoms with E-state index in [0.717, 1.165) is 50.1 Å². The van der Waals surface area contributed by atoms with Gasteiger partial charge in [-0.25, -0.2) is 4.99 Å². The molecule has 0 unspecified atom stereocenters. The second kappa shape index (κ2) is 15.2. The van der Waals surface area contributed by atoms with Gasteiger partial charge in [0.2, 0.25) is 0 Å². The number of nitrogens with one attached hydrogen (secondary N) is 3. The number of methoxy groups -OCH3 is 2. The molecule has 2 aliphatic rings. The third-order valence-corrected chi connectivity index (χ3v) is 9.49. The molecule has 2 aromatic heterocycles. The van der Waals surface area contributed by atoms with E-state index in [4.69, 9.17) is 9.47 Å². The number of hydrogen-bond acceptors (Lipinski definition) is 6. The summed E-state index contributed by atoms with van der Waals surface area (Å²) in [5.41, 5.74) is 10.2. The van der Waals surface area contributed by atoms with Crippen LogP contribution in [0.1, 0.15) is 72.3 Å². The number of aromatic amines is 2. The number of carbonyl (C=O) groups excluding carboxylic acids is 4. The van der Waals surface area contributed by atoms with E-state index in [1.807, 2.05) is 56.3 Å². The van der Waals surface area contributed by atoms with Gasteiger partial charge in [-0.3, -0.25) is 19.2 Å². The normalized spacial score (nSPS) is 16.2. The maximum absolute atomic E-state index is 13.1. The van der Waals surface area contributed by atoms with Crippen molar-refractivity contribution in [1.82, 2.24) is 15.3 Å². The lowest BCUT2D eigenvalue weighted by Crippen LogP contribution is -2.23. The molecule has 0 saturated carbocycles. The van der Waals surface area contributed by atoms with Crippen molar-refractivity contribution in [2.45, 2.75) is 53.4 Å². The van der Waals surface area contributed by atoms with Crippen molar-refractivity contribution < 1.29 is 28.7 Å². The maximum Gasteiger partial charge on any atom is 0.305 e. The van der Waals surface area contributed by atoms with Gasteiger partial charge in [-0.2, -0.15) is 0 Å². The number of esters is 2. The largest absolute Gasteiger partial charge is 0.469 e. The minimum atomic E-state index is -0.391. The molecule has 0 spiro atoms. The zero-order chi connectivity index (χ0) is 37.0. The summed E-state index contributed by atoms with van der Waals surface area (Å²) < 4.78 is 9.90. The Bertz CT molecular complexity index is 2240. The molecule has 4 heterocycles. The Morgan fingerprint density at radius 2 is 1.49 bits per heavy atom. The SMILES string of the molecule is C=CC1=C(C)C(=O)N/C1=C/c1[nH]c(/C=c2/[nH]/c(=C(\C3=NC(=O)C(C)=C3CCC(=O)OC)c3ccccc3)c(CCC(=O)OC)c2C)c(C=C)c1C. The molecule has 2 aliphatic heterocycles. The molecule has 0 atom stereocenters. The number of amides is 2. The Labute approximate surface area is 296 Å². The fraction of sp³-hybridized carbons (Fsp3) is 0.244. The zero-order valence-electron chi connectivity index (χ0n) is 29.8. The van der Waals surface area contributed by atoms with Crippen molar-refractivity contribution in [3.05, 3.63) is 127 Å². The lowest BCUT2D eigenvalue weighted by atomic mass is 9.90. The number of benzene rings is 1. The molecule has 10 heteroatoms. The van der Waals surface area contributed by atoms with Gasteiger partial charge < -0.3 is 24.8 Å². The Hall–Kier alpha value is -6.03. The average Bonchev–Trinajstić information content (AvgIpc) is 3.79. The summed E-state index contributed by atoms with van der Waals surface area (Å²) in [5, 5.41) is 4.38. The summed E-state index contributed by atoms with van der Waals surface area (Å²) in [7, 11) is 2.69. The number of ether oxygens (including phenoxy) is 2. The monoisotopic (exact) mass is 686 g/mol. The molecule has 2 amide bonds. The average molecular weight is 687 g/mol. The minimum Gasteiger partial charge on any atom is -0.469 e. The second-order valence-electron chi connectivity index (χ2n) is 12.4. The van der Waals surface area contributed by atoms with Crippen LogP contribution in [-0.2, 0) is 35.1 Å². The number of carbonyl (C=O) groups is 4. The highest BCUT2D eigenvalue weighted by Crippen LogP contribution is 2.30. The first-order chi connectivity index (χ1) is 24.4. The molecule has 5 rings (SSSR count). The van der Waals surface area contributed by atoms with Crippen LogP contribution >= 0.6 is 0 Å². The van der Waals surface area contributed by atoms with Crippen LogP contribution in [-0.4, -0.2) is 53.7 Å². The zero-order valence-corrected chi connectivity index (χ0v) is 29.8. The van der Waals surface area contributed by atoms with Gasteiger partial charge in [0.25, 0.3) is 11.8 Å². The number of aliphatic imine (C=N–C) groups is 1. The van der Waals surface area contributed by atoms with Crippen molar-refractivity contribution in [3.63, 3.8) is 0 Å². The number of hydrogen-bond donors (Lipinski definition) is 3. The van der Waals surface area contributed by atoms with Crippen LogP contribution in [0.15, 0.2) is 82.5 Å². The van der Waals surface area contributed by atoms with Gasteiger partial charge in [0.15, 0.2) is 0 Å². The van der Waals surface area contributed by atoms with Crippen molar-refractivity contribution in [2.24, 2.45) is 4.99 Å². The summed E-state index contributed by atoms with van der Waals surface area (Å²) in [6, 6.07) is 9.60. The van der Waals surface area contributed by atoms with Crippen molar-refractivity contribution >= 4 is 53.3 Å². The number of allylic oxidation sites excluding steroid dienone is 2. The predicted octanol–water partition coefficient (Wildman–Crippen LogP) is 4.96. The highest BCUT2D eigenvalue weighted by Gasteiger charge is 2.29. The predicted molar refractivity (Wildman–Crippen MR) is 199 cm³/mol. The Balaban J connectivity index is 1.79. The highest BCUT2D eigenvalue weighted by atomic mass is 16.5. The van der Waals surface area contributed by atoms with Crippen LogP contribution in [0.4, 0.5) is 0 Å². The summed E-state index contributed by atoms with van der Waals surface area (Å²) >= 11 is 0. The molecule has 1 aromatic carbocycles. The van der Waals surface area contributed by atoms with Crippen molar-refractivity contribution in [2.75, 3.05) is 14.2 Å². The summed E-state index contributed by atoms with van der Waals surface area (Å²) in [5.74, 6) is -1.28. The Kier molecular flexibility index (Phi) is 10.8. The summed E-state index contributed by atoms with van der Waals surface area (Å²) in [6.07, 6.45) is 8.14. The second-order valence-corrected chi connectivity index (χ2v) is 12.4. The number of H-pyrrole nitrogens is 2. The van der Waals surface area contributed by atoms with Gasteiger partial charge in [-0.15, -0.1) is 0 Å². The first kappa shape index (κ1) is 36.3. The van der Waals surface area contributed by atoms with Crippen molar-refractivity contribution in [1.29, 1.82) is 0 Å². The lowest BCUT2D eigenvalue weighted by molar-refractivity contribution is -0.141. The number of nitrogens with zero attached hydrogens (tertiary/aromatic N) is 1. The van der Waals surface area contributed by atoms with E-state index in [-0.39, 0.29) is 37.0 Å². The van der Waals surface area contributed by atoms with Gasteiger partial charge in [-0.1, -0.05) is 55.6 Å². The van der Waals surface area contributed by atoms with E-state index >= 15 is 0 Å². The summed E-state index contributed by atoms with van der Waals surface area (Å²) in [4.78, 5) is 61.8. The first-order valence-electron chi connectivity index (χ1n) is 16.6. The molecular weight excluding hydrogens is 644 g/mol. The van der Waals surface area contributed by atoms with Crippen LogP contribution in [0.5, 0.6) is 0 Å². The van der Waals surface area contributed by atoms with Gasteiger partial charge in [-0.05, 0) is 80.5 Å². The molecule has 0 radical (unpaired) electrons. The number of rotatable bonds is 12. The molecule has 0 saturated heterocycles. The third-order valence-electron chi connectivity index (χ3n) is 9.49. The third kappa shape index (κ3) is 7.17. The van der Waals surface area contributed by atoms with Gasteiger partial charge in [0.05, 0.1) is 31.0 Å². The molecule has 0 aliphatic carbocycles. The molecule has 0 fully saturated rings. The van der Waals surface area contributed by atoms with Crippen LogP contribution < -0.4 is 16.0 Å². The minimum absolute atomic E-state index is 0.0812. The summed E-state index contributed by atoms with van der Waals surface area (Å²) in [6.45, 7) is 15.4. The fourth-order valence-electron chi connectivity index (χ4n) is 6.51. The van der Waals surface area contributed by atoms with E-state index < -0.39 is 5.97 Å². The topological polar surface area (TPSA) is 143 Å². The van der Waals surface area contributed by atoms with Gasteiger partial charge in [0.1, 0.15) is 0 Å². The van der Waals surface area contributed by atoms with E-state index in [2.05, 4.69) is 33.4 Å². The Morgan fingerprint density at radius 3 is 2.12 bits per heavy atom. The number of aromatic nitrogens is 2. The van der Waals surface area contributed by atoms with E-state index in [0.29, 0.717) is 45.5 Å². The van der Waals surface area contributed by atoms with Crippen LogP contribution in [0.25, 0.3) is 23.8 Å². The molecular formula is C41H42N4O6. The van der Waals surface area contributed by atoms with E-state index in [1.54, 1.807) is 26.0 Å². The van der Waals surface area contributed by atoms with Crippen LogP contribution in [0.3, 0.4) is 0 Å². The fourth-order valence-corrected chi connectivity index (χ4v) is 6.51. The van der Waals surface area contributed by atoms with Crippen LogP contribution in [0, 0.1) is 13.8 Å².